The highest BCUT2D eigenvalue weighted by molar-refractivity contribution is 5.89. The second-order valence-electron chi connectivity index (χ2n) is 6.05. The molecule has 0 bridgehead atoms. The van der Waals surface area contributed by atoms with Gasteiger partial charge in [-0.25, -0.2) is 9.59 Å². The lowest BCUT2D eigenvalue weighted by molar-refractivity contribution is -0.108. The van der Waals surface area contributed by atoms with Crippen molar-refractivity contribution in [3.05, 3.63) is 70.8 Å². The first-order chi connectivity index (χ1) is 12.6. The Morgan fingerprint density at radius 2 is 1.19 bits per heavy atom. The molecule has 0 amide bonds. The fourth-order valence-electron chi connectivity index (χ4n) is 2.83. The third kappa shape index (κ3) is 5.28. The van der Waals surface area contributed by atoms with Crippen molar-refractivity contribution >= 4 is 18.2 Å². The summed E-state index contributed by atoms with van der Waals surface area (Å²) in [4.78, 5) is 34.0. The average molecular weight is 354 g/mol. The molecular formula is C21H22O5. The van der Waals surface area contributed by atoms with Crippen LogP contribution in [0.3, 0.4) is 0 Å². The number of hydrogen-bond acceptors (Lipinski definition) is 5. The minimum atomic E-state index is -0.369. The van der Waals surface area contributed by atoms with Crippen molar-refractivity contribution in [3.63, 3.8) is 0 Å². The molecule has 26 heavy (non-hydrogen) atoms. The van der Waals surface area contributed by atoms with Crippen LogP contribution in [0.2, 0.25) is 0 Å². The van der Waals surface area contributed by atoms with Crippen LogP contribution in [-0.4, -0.2) is 32.4 Å². The molecule has 2 aromatic carbocycles. The van der Waals surface area contributed by atoms with E-state index in [9.17, 15) is 14.4 Å². The Kier molecular flexibility index (Phi) is 7.09. The van der Waals surface area contributed by atoms with E-state index >= 15 is 0 Å². The van der Waals surface area contributed by atoms with E-state index in [-0.39, 0.29) is 17.9 Å². The van der Waals surface area contributed by atoms with Gasteiger partial charge in [0.15, 0.2) is 0 Å². The Labute approximate surface area is 152 Å². The van der Waals surface area contributed by atoms with Crippen molar-refractivity contribution in [1.82, 2.24) is 0 Å². The highest BCUT2D eigenvalue weighted by atomic mass is 16.5. The predicted octanol–water partition coefficient (Wildman–Crippen LogP) is 3.25. The first-order valence-electron chi connectivity index (χ1n) is 8.35. The zero-order valence-corrected chi connectivity index (χ0v) is 14.9. The average Bonchev–Trinajstić information content (AvgIpc) is 2.68. The van der Waals surface area contributed by atoms with Crippen LogP contribution >= 0.6 is 0 Å². The van der Waals surface area contributed by atoms with E-state index in [2.05, 4.69) is 0 Å². The van der Waals surface area contributed by atoms with Crippen LogP contribution in [0.1, 0.15) is 38.3 Å². The molecule has 0 unspecified atom stereocenters. The summed E-state index contributed by atoms with van der Waals surface area (Å²) in [6.45, 7) is 0. The molecule has 0 aliphatic heterocycles. The Morgan fingerprint density at radius 3 is 1.50 bits per heavy atom. The molecule has 5 nitrogen and oxygen atoms in total. The van der Waals surface area contributed by atoms with Gasteiger partial charge in [0.1, 0.15) is 6.29 Å². The Bertz CT molecular complexity index is 685. The van der Waals surface area contributed by atoms with E-state index in [4.69, 9.17) is 9.47 Å². The number of carbonyl (C=O) groups is 3. The Morgan fingerprint density at radius 1 is 0.808 bits per heavy atom. The van der Waals surface area contributed by atoms with Gasteiger partial charge in [-0.3, -0.25) is 0 Å². The van der Waals surface area contributed by atoms with E-state index in [1.807, 2.05) is 24.3 Å². The summed E-state index contributed by atoms with van der Waals surface area (Å²) in [5.41, 5.74) is 3.11. The SMILES string of the molecule is COC(=O)c1ccc(CC(CC=O)Cc2ccc(C(=O)OC)cc2)cc1. The molecule has 0 fully saturated rings. The van der Waals surface area contributed by atoms with Crippen LogP contribution in [0.4, 0.5) is 0 Å². The van der Waals surface area contributed by atoms with Crippen molar-refractivity contribution < 1.29 is 23.9 Å². The second-order valence-corrected chi connectivity index (χ2v) is 6.05. The summed E-state index contributed by atoms with van der Waals surface area (Å²) in [6.07, 6.45) is 2.81. The van der Waals surface area contributed by atoms with E-state index in [1.165, 1.54) is 14.2 Å². The molecule has 0 atom stereocenters. The van der Waals surface area contributed by atoms with Gasteiger partial charge < -0.3 is 14.3 Å². The van der Waals surface area contributed by atoms with Crippen molar-refractivity contribution in [2.75, 3.05) is 14.2 Å². The normalized spacial score (nSPS) is 10.4. The summed E-state index contributed by atoms with van der Waals surface area (Å²) in [7, 11) is 2.70. The summed E-state index contributed by atoms with van der Waals surface area (Å²) in [5, 5.41) is 0. The van der Waals surface area contributed by atoms with Crippen molar-refractivity contribution in [2.45, 2.75) is 19.3 Å². The number of benzene rings is 2. The first-order valence-corrected chi connectivity index (χ1v) is 8.35. The molecule has 0 aromatic heterocycles. The van der Waals surface area contributed by atoms with Crippen LogP contribution in [0, 0.1) is 5.92 Å². The third-order valence-corrected chi connectivity index (χ3v) is 4.23. The largest absolute Gasteiger partial charge is 0.465 e. The lowest BCUT2D eigenvalue weighted by Gasteiger charge is -2.15. The summed E-state index contributed by atoms with van der Waals surface area (Å²) >= 11 is 0. The molecular weight excluding hydrogens is 332 g/mol. The molecule has 5 heteroatoms. The maximum atomic E-state index is 11.5. The number of esters is 2. The topological polar surface area (TPSA) is 69.7 Å². The van der Waals surface area contributed by atoms with E-state index in [1.54, 1.807) is 24.3 Å². The molecule has 2 rings (SSSR count). The lowest BCUT2D eigenvalue weighted by Crippen LogP contribution is -2.10. The second kappa shape index (κ2) is 9.51. The zero-order chi connectivity index (χ0) is 18.9. The highest BCUT2D eigenvalue weighted by Crippen LogP contribution is 2.19. The number of carbonyl (C=O) groups excluding carboxylic acids is 3. The summed E-state index contributed by atoms with van der Waals surface area (Å²) in [6, 6.07) is 14.4. The fraction of sp³-hybridized carbons (Fsp3) is 0.286. The van der Waals surface area contributed by atoms with E-state index in [0.29, 0.717) is 17.5 Å². The number of methoxy groups -OCH3 is 2. The minimum Gasteiger partial charge on any atom is -0.465 e. The minimum absolute atomic E-state index is 0.139. The van der Waals surface area contributed by atoms with Gasteiger partial charge in [-0.1, -0.05) is 24.3 Å². The molecule has 2 aromatic rings. The van der Waals surface area contributed by atoms with Crippen LogP contribution in [-0.2, 0) is 27.1 Å². The number of aldehydes is 1. The van der Waals surface area contributed by atoms with Gasteiger partial charge >= 0.3 is 11.9 Å². The zero-order valence-electron chi connectivity index (χ0n) is 14.9. The van der Waals surface area contributed by atoms with Crippen LogP contribution in [0.5, 0.6) is 0 Å². The lowest BCUT2D eigenvalue weighted by atomic mass is 9.90. The molecule has 0 saturated heterocycles. The van der Waals surface area contributed by atoms with Crippen molar-refractivity contribution in [2.24, 2.45) is 5.92 Å². The molecule has 0 heterocycles. The standard InChI is InChI=1S/C21H22O5/c1-25-20(23)18-7-3-15(4-8-18)13-17(11-12-22)14-16-5-9-19(10-6-16)21(24)26-2/h3-10,12,17H,11,13-14H2,1-2H3. The van der Waals surface area contributed by atoms with E-state index in [0.717, 1.165) is 30.3 Å². The number of hydrogen-bond donors (Lipinski definition) is 0. The maximum Gasteiger partial charge on any atom is 0.337 e. The predicted molar refractivity (Wildman–Crippen MR) is 97.1 cm³/mol. The van der Waals surface area contributed by atoms with Gasteiger partial charge in [0.2, 0.25) is 0 Å². The summed E-state index contributed by atoms with van der Waals surface area (Å²) in [5.74, 6) is -0.598. The Balaban J connectivity index is 2.05. The number of rotatable bonds is 8. The van der Waals surface area contributed by atoms with Crippen molar-refractivity contribution in [1.29, 1.82) is 0 Å². The molecule has 0 aliphatic carbocycles. The molecule has 136 valence electrons. The number of ether oxygens (including phenoxy) is 2. The highest BCUT2D eigenvalue weighted by Gasteiger charge is 2.13. The molecule has 0 spiro atoms. The van der Waals surface area contributed by atoms with Crippen LogP contribution < -0.4 is 0 Å². The molecule has 0 saturated carbocycles. The monoisotopic (exact) mass is 354 g/mol. The van der Waals surface area contributed by atoms with Gasteiger partial charge in [-0.05, 0) is 54.2 Å². The quantitative estimate of drug-likeness (QED) is 0.538. The van der Waals surface area contributed by atoms with Gasteiger partial charge in [-0.15, -0.1) is 0 Å². The fourth-order valence-corrected chi connectivity index (χ4v) is 2.83. The molecule has 0 N–H and O–H groups in total. The van der Waals surface area contributed by atoms with Gasteiger partial charge in [-0.2, -0.15) is 0 Å². The van der Waals surface area contributed by atoms with Crippen molar-refractivity contribution in [3.8, 4) is 0 Å². The van der Waals surface area contributed by atoms with Gasteiger partial charge in [0.05, 0.1) is 25.3 Å². The first kappa shape index (κ1) is 19.4. The third-order valence-electron chi connectivity index (χ3n) is 4.23. The summed E-state index contributed by atoms with van der Waals surface area (Å²) < 4.78 is 9.38. The molecule has 0 radical (unpaired) electrons. The Hall–Kier alpha value is -2.95. The maximum absolute atomic E-state index is 11.5. The van der Waals surface area contributed by atoms with Crippen LogP contribution in [0.25, 0.3) is 0 Å². The van der Waals surface area contributed by atoms with Gasteiger partial charge in [0, 0.05) is 6.42 Å². The smallest absolute Gasteiger partial charge is 0.337 e. The van der Waals surface area contributed by atoms with E-state index < -0.39 is 0 Å². The van der Waals surface area contributed by atoms with Gasteiger partial charge in [0.25, 0.3) is 0 Å². The molecule has 0 aliphatic rings. The van der Waals surface area contributed by atoms with Crippen LogP contribution in [0.15, 0.2) is 48.5 Å².